The molecule has 7 atom stereocenters. The molecule has 19 heteroatoms. The fourth-order valence-electron chi connectivity index (χ4n) is 7.08. The first kappa shape index (κ1) is 49.1. The highest BCUT2D eigenvalue weighted by molar-refractivity contribution is 5.97. The molecule has 2 aromatic carbocycles. The van der Waals surface area contributed by atoms with E-state index >= 15 is 0 Å². The monoisotopic (exact) mass is 849 g/mol. The average Bonchev–Trinajstić information content (AvgIpc) is 3.72. The molecule has 15 N–H and O–H groups in total. The van der Waals surface area contributed by atoms with Gasteiger partial charge in [-0.25, -0.2) is 0 Å². The molecule has 0 bridgehead atoms. The number of likely N-dealkylation sites (tertiary alicyclic amines) is 1. The molecule has 1 saturated heterocycles. The molecular weight excluding hydrogens is 787 g/mol. The fraction of sp³-hybridized carbons (Fsp3) is 0.524. The summed E-state index contributed by atoms with van der Waals surface area (Å²) in [6, 6.07) is 9.59. The van der Waals surface area contributed by atoms with Crippen LogP contribution < -0.4 is 44.6 Å². The number of nitrogens with two attached hydrogens (primary N) is 5. The van der Waals surface area contributed by atoms with Gasteiger partial charge in [0.2, 0.25) is 23.6 Å². The molecule has 61 heavy (non-hydrogen) atoms. The summed E-state index contributed by atoms with van der Waals surface area (Å²) < 4.78 is 0. The van der Waals surface area contributed by atoms with E-state index < -0.39 is 71.5 Å². The van der Waals surface area contributed by atoms with Gasteiger partial charge >= 0.3 is 5.97 Å². The van der Waals surface area contributed by atoms with E-state index in [0.29, 0.717) is 31.2 Å². The lowest BCUT2D eigenvalue weighted by molar-refractivity contribution is -0.144. The van der Waals surface area contributed by atoms with E-state index in [9.17, 15) is 39.0 Å². The normalized spacial score (nSPS) is 16.4. The van der Waals surface area contributed by atoms with Gasteiger partial charge in [0.25, 0.3) is 0 Å². The van der Waals surface area contributed by atoms with Gasteiger partial charge in [-0.3, -0.25) is 38.8 Å². The number of amides is 4. The minimum Gasteiger partial charge on any atom is -0.508 e. The molecule has 4 amide bonds. The third kappa shape index (κ3) is 16.4. The number of carbonyl (C=O) groups excluding carboxylic acids is 5. The van der Waals surface area contributed by atoms with Gasteiger partial charge in [-0.1, -0.05) is 62.7 Å². The Morgan fingerprint density at radius 1 is 0.803 bits per heavy atom. The Hall–Kier alpha value is -6.24. The van der Waals surface area contributed by atoms with Crippen molar-refractivity contribution < 1.29 is 39.0 Å². The molecule has 0 radical (unpaired) electrons. The smallest absolute Gasteiger partial charge is 0.307 e. The molecule has 1 fully saturated rings. The molecule has 2 aromatic rings. The first-order valence-corrected chi connectivity index (χ1v) is 20.7. The molecule has 0 saturated carbocycles. The Morgan fingerprint density at radius 3 is 2.00 bits per heavy atom. The van der Waals surface area contributed by atoms with Crippen LogP contribution in [0.25, 0.3) is 0 Å². The van der Waals surface area contributed by atoms with Crippen molar-refractivity contribution in [3.05, 3.63) is 65.7 Å². The number of hydrogen-bond donors (Lipinski definition) is 10. The van der Waals surface area contributed by atoms with Crippen molar-refractivity contribution in [1.82, 2.24) is 20.9 Å². The van der Waals surface area contributed by atoms with Gasteiger partial charge in [-0.2, -0.15) is 0 Å². The topological polar surface area (TPSA) is 337 Å². The van der Waals surface area contributed by atoms with Gasteiger partial charge in [0.15, 0.2) is 17.7 Å². The lowest BCUT2D eigenvalue weighted by atomic mass is 9.87. The number of carbonyl (C=O) groups is 6. The van der Waals surface area contributed by atoms with Crippen molar-refractivity contribution in [2.24, 2.45) is 50.5 Å². The van der Waals surface area contributed by atoms with Crippen LogP contribution in [0, 0.1) is 11.8 Å². The number of aliphatic imine (C=N–C) groups is 2. The number of phenolic OH excluding ortho intramolecular Hbond substituents is 1. The van der Waals surface area contributed by atoms with Crippen LogP contribution in [0.2, 0.25) is 0 Å². The largest absolute Gasteiger partial charge is 0.508 e. The van der Waals surface area contributed by atoms with Crippen molar-refractivity contribution in [3.63, 3.8) is 0 Å². The van der Waals surface area contributed by atoms with Gasteiger partial charge in [0, 0.05) is 32.5 Å². The Kier molecular flexibility index (Phi) is 19.9. The number of benzene rings is 2. The van der Waals surface area contributed by atoms with E-state index in [0.717, 1.165) is 5.56 Å². The van der Waals surface area contributed by atoms with E-state index in [-0.39, 0.29) is 81.7 Å². The summed E-state index contributed by atoms with van der Waals surface area (Å²) in [5, 5.41) is 28.3. The maximum Gasteiger partial charge on any atom is 0.307 e. The number of aromatic hydroxyl groups is 1. The third-order valence-corrected chi connectivity index (χ3v) is 10.7. The van der Waals surface area contributed by atoms with E-state index in [4.69, 9.17) is 28.7 Å². The van der Waals surface area contributed by atoms with E-state index in [1.807, 2.05) is 13.0 Å². The van der Waals surface area contributed by atoms with Crippen LogP contribution in [0.5, 0.6) is 5.75 Å². The van der Waals surface area contributed by atoms with Crippen LogP contribution in [0.3, 0.4) is 0 Å². The molecule has 0 aliphatic carbocycles. The molecule has 5 unspecified atom stereocenters. The Bertz CT molecular complexity index is 1840. The Morgan fingerprint density at radius 2 is 1.41 bits per heavy atom. The Labute approximate surface area is 356 Å². The van der Waals surface area contributed by atoms with Gasteiger partial charge < -0.3 is 59.7 Å². The maximum atomic E-state index is 14.2. The third-order valence-electron chi connectivity index (χ3n) is 10.7. The highest BCUT2D eigenvalue weighted by Crippen LogP contribution is 2.22. The van der Waals surface area contributed by atoms with E-state index in [1.54, 1.807) is 43.3 Å². The number of carboxylic acids is 1. The van der Waals surface area contributed by atoms with Crippen molar-refractivity contribution in [1.29, 1.82) is 0 Å². The first-order valence-electron chi connectivity index (χ1n) is 20.7. The molecule has 1 aliphatic rings. The second-order valence-electron chi connectivity index (χ2n) is 15.5. The van der Waals surface area contributed by atoms with Gasteiger partial charge in [0.1, 0.15) is 23.9 Å². The predicted octanol–water partition coefficient (Wildman–Crippen LogP) is -0.237. The lowest BCUT2D eigenvalue weighted by Crippen LogP contribution is -2.59. The molecule has 19 nitrogen and oxygen atoms in total. The molecule has 1 aliphatic heterocycles. The van der Waals surface area contributed by atoms with Crippen molar-refractivity contribution in [2.45, 2.75) is 108 Å². The zero-order chi connectivity index (χ0) is 45.1. The zero-order valence-corrected chi connectivity index (χ0v) is 35.0. The lowest BCUT2D eigenvalue weighted by Gasteiger charge is -2.31. The number of Topliss-reactive ketones (excluding diaryl/α,β-unsaturated/α-hetero) is 1. The van der Waals surface area contributed by atoms with Gasteiger partial charge in [-0.15, -0.1) is 0 Å². The number of ketones is 1. The first-order chi connectivity index (χ1) is 29.0. The number of phenols is 1. The molecular formula is C42H63N11O8. The predicted molar refractivity (Wildman–Crippen MR) is 230 cm³/mol. The highest BCUT2D eigenvalue weighted by atomic mass is 16.4. The number of nitrogens with zero attached hydrogens (tertiary/aromatic N) is 3. The molecule has 334 valence electrons. The standard InChI is InChI=1S/C42H63N11O8/c1-3-25(2)35(34(55)24-28(40(60)61)22-26-10-5-4-6-11-26)52-37(57)32(23-27-15-17-29(54)18-16-27)51-38(58)33-14-9-21-53(33)39(59)31(13-8-20-49-42(46)47)50-36(56)30(43)12-7-19-48-41(44)45/h4-6,10-11,15-18,25,28,30-33,35,54H,3,7-9,12-14,19-24,43H2,1-2H3,(H,50,56)(H,51,58)(H,52,57)(H,60,61)(H4,44,45,48)(H4,46,47,49)/t25?,28-,30?,31?,32?,33?,35+/m0/s1. The van der Waals surface area contributed by atoms with Crippen LogP contribution in [0.4, 0.5) is 0 Å². The van der Waals surface area contributed by atoms with Crippen molar-refractivity contribution in [2.75, 3.05) is 19.6 Å². The number of carboxylic acid groups (broad SMARTS) is 1. The van der Waals surface area contributed by atoms with Crippen molar-refractivity contribution >= 4 is 47.3 Å². The molecule has 0 aromatic heterocycles. The highest BCUT2D eigenvalue weighted by Gasteiger charge is 2.40. The maximum absolute atomic E-state index is 14.2. The summed E-state index contributed by atoms with van der Waals surface area (Å²) in [6.07, 6.45) is 2.01. The molecule has 3 rings (SSSR count). The van der Waals surface area contributed by atoms with Gasteiger partial charge in [0.05, 0.1) is 18.0 Å². The zero-order valence-electron chi connectivity index (χ0n) is 35.0. The number of rotatable bonds is 25. The fourth-order valence-corrected chi connectivity index (χ4v) is 7.08. The van der Waals surface area contributed by atoms with Gasteiger partial charge in [-0.05, 0) is 74.1 Å². The van der Waals surface area contributed by atoms with Crippen LogP contribution >= 0.6 is 0 Å². The summed E-state index contributed by atoms with van der Waals surface area (Å²) >= 11 is 0. The summed E-state index contributed by atoms with van der Waals surface area (Å²) in [5.41, 5.74) is 29.2. The van der Waals surface area contributed by atoms with Crippen LogP contribution in [-0.4, -0.2) is 112 Å². The summed E-state index contributed by atoms with van der Waals surface area (Å²) in [4.78, 5) is 91.1. The second-order valence-corrected chi connectivity index (χ2v) is 15.5. The minimum absolute atomic E-state index is 0.00772. The van der Waals surface area contributed by atoms with Crippen LogP contribution in [0.1, 0.15) is 76.3 Å². The molecule has 1 heterocycles. The molecule has 0 spiro atoms. The summed E-state index contributed by atoms with van der Waals surface area (Å²) in [6.45, 7) is 4.24. The quantitative estimate of drug-likeness (QED) is 0.0351. The Balaban J connectivity index is 1.84. The van der Waals surface area contributed by atoms with Crippen LogP contribution in [0.15, 0.2) is 64.6 Å². The SMILES string of the molecule is CCC(C)[C@@H](NC(=O)C(Cc1ccc(O)cc1)NC(=O)C1CCCN1C(=O)C(CCCN=C(N)N)NC(=O)C(N)CCCN=C(N)N)C(=O)C[C@H](Cc1ccccc1)C(=O)O. The van der Waals surface area contributed by atoms with E-state index in [2.05, 4.69) is 25.9 Å². The number of nitrogens with one attached hydrogen (secondary N) is 3. The summed E-state index contributed by atoms with van der Waals surface area (Å²) in [7, 11) is 0. The average molecular weight is 850 g/mol. The van der Waals surface area contributed by atoms with Crippen molar-refractivity contribution in [3.8, 4) is 5.75 Å². The summed E-state index contributed by atoms with van der Waals surface area (Å²) in [5.74, 6) is -5.71. The second kappa shape index (κ2) is 24.7. The van der Waals surface area contributed by atoms with E-state index in [1.165, 1.54) is 17.0 Å². The number of aliphatic carboxylic acids is 1. The number of guanidine groups is 2. The number of hydrogen-bond acceptors (Lipinski definition) is 10. The minimum atomic E-state index is -1.25. The van der Waals surface area contributed by atoms with Crippen LogP contribution in [-0.2, 0) is 41.6 Å².